The number of nitrogens with zero attached hydrogens (tertiary/aromatic N) is 4. The van der Waals surface area contributed by atoms with Crippen LogP contribution in [-0.4, -0.2) is 34.5 Å². The highest BCUT2D eigenvalue weighted by Gasteiger charge is 2.30. The molecule has 39 heavy (non-hydrogen) atoms. The lowest BCUT2D eigenvalue weighted by Gasteiger charge is -2.30. The minimum Gasteiger partial charge on any atom is -0.366 e. The van der Waals surface area contributed by atoms with Crippen LogP contribution in [0, 0.1) is 0 Å². The van der Waals surface area contributed by atoms with Crippen molar-refractivity contribution in [2.45, 2.75) is 33.7 Å². The average Bonchev–Trinajstić information content (AvgIpc) is 2.86. The fourth-order valence-corrected chi connectivity index (χ4v) is 5.12. The maximum absolute atomic E-state index is 13.8. The van der Waals surface area contributed by atoms with Crippen molar-refractivity contribution in [3.63, 3.8) is 0 Å². The van der Waals surface area contributed by atoms with Crippen LogP contribution < -0.4 is 15.4 Å². The second-order valence-electron chi connectivity index (χ2n) is 9.53. The normalized spacial score (nSPS) is 11.2. The number of imide groups is 1. The Balaban J connectivity index is 2.27. The third kappa shape index (κ3) is 5.26. The van der Waals surface area contributed by atoms with Gasteiger partial charge in [-0.15, -0.1) is 0 Å². The summed E-state index contributed by atoms with van der Waals surface area (Å²) in [5.74, 6) is -1.04. The molecule has 0 aliphatic carbocycles. The van der Waals surface area contributed by atoms with Gasteiger partial charge >= 0.3 is 0 Å². The summed E-state index contributed by atoms with van der Waals surface area (Å²) >= 11 is 19.0. The summed E-state index contributed by atoms with van der Waals surface area (Å²) in [6.07, 6.45) is 0. The molecule has 0 saturated carbocycles. The van der Waals surface area contributed by atoms with E-state index >= 15 is 0 Å². The molecule has 0 bridgehead atoms. The maximum atomic E-state index is 13.8. The van der Waals surface area contributed by atoms with E-state index in [-0.39, 0.29) is 23.1 Å². The Kier molecular flexibility index (Phi) is 8.07. The number of fused-ring (bicyclic) bond motifs is 1. The number of rotatable bonds is 5. The second-order valence-corrected chi connectivity index (χ2v) is 10.8. The Morgan fingerprint density at radius 3 is 2.00 bits per heavy atom. The van der Waals surface area contributed by atoms with E-state index in [4.69, 9.17) is 39.8 Å². The molecule has 0 N–H and O–H groups in total. The zero-order chi connectivity index (χ0) is 28.8. The van der Waals surface area contributed by atoms with Crippen molar-refractivity contribution in [3.05, 3.63) is 74.0 Å². The Labute approximate surface area is 241 Å². The first-order chi connectivity index (χ1) is 18.3. The first kappa shape index (κ1) is 28.6. The molecule has 0 aliphatic heterocycles. The van der Waals surface area contributed by atoms with Crippen molar-refractivity contribution in [3.8, 4) is 22.4 Å². The molecule has 2 heterocycles. The number of aromatic nitrogens is 2. The number of aryl methyl sites for hydroxylation is 1. The molecule has 0 unspecified atom stereocenters. The molecule has 0 radical (unpaired) electrons. The van der Waals surface area contributed by atoms with Crippen molar-refractivity contribution in [2.24, 2.45) is 7.05 Å². The number of halogens is 3. The van der Waals surface area contributed by atoms with Crippen molar-refractivity contribution in [1.82, 2.24) is 9.55 Å². The standard InChI is InChI=1S/C29H27Cl3N4O3/c1-15(2)34(5)27-26(36(16(3)37)17(4)38)23-14-22(18-7-9-19(30)10-8-18)25(33-28(23)35(6)29(27)39)21-12-11-20(31)13-24(21)32/h7-15H,1-6H3. The summed E-state index contributed by atoms with van der Waals surface area (Å²) in [6, 6.07) is 14.0. The van der Waals surface area contributed by atoms with Crippen LogP contribution in [0.3, 0.4) is 0 Å². The predicted octanol–water partition coefficient (Wildman–Crippen LogP) is 6.97. The maximum Gasteiger partial charge on any atom is 0.277 e. The minimum atomic E-state index is -0.520. The van der Waals surface area contributed by atoms with Crippen LogP contribution in [0.4, 0.5) is 11.4 Å². The average molecular weight is 586 g/mol. The van der Waals surface area contributed by atoms with Crippen LogP contribution in [0.5, 0.6) is 0 Å². The zero-order valence-corrected chi connectivity index (χ0v) is 24.6. The third-order valence-corrected chi connectivity index (χ3v) is 7.43. The summed E-state index contributed by atoms with van der Waals surface area (Å²) in [7, 11) is 3.37. The van der Waals surface area contributed by atoms with Crippen LogP contribution >= 0.6 is 34.8 Å². The molecule has 7 nitrogen and oxygen atoms in total. The van der Waals surface area contributed by atoms with Gasteiger partial charge in [-0.3, -0.25) is 19.0 Å². The number of pyridine rings is 2. The lowest BCUT2D eigenvalue weighted by molar-refractivity contribution is -0.124. The smallest absolute Gasteiger partial charge is 0.277 e. The second kappa shape index (κ2) is 11.0. The summed E-state index contributed by atoms with van der Waals surface area (Å²) in [6.45, 7) is 6.42. The summed E-state index contributed by atoms with van der Waals surface area (Å²) < 4.78 is 1.42. The van der Waals surface area contributed by atoms with Gasteiger partial charge in [0.1, 0.15) is 11.3 Å². The lowest BCUT2D eigenvalue weighted by Crippen LogP contribution is -2.40. The van der Waals surface area contributed by atoms with Gasteiger partial charge in [0.05, 0.1) is 16.4 Å². The van der Waals surface area contributed by atoms with Crippen LogP contribution in [0.15, 0.2) is 53.3 Å². The van der Waals surface area contributed by atoms with Gasteiger partial charge in [-0.05, 0) is 55.8 Å². The number of amides is 2. The molecular formula is C29H27Cl3N4O3. The molecule has 202 valence electrons. The molecular weight excluding hydrogens is 559 g/mol. The van der Waals surface area contributed by atoms with Gasteiger partial charge < -0.3 is 4.90 Å². The Morgan fingerprint density at radius 1 is 0.872 bits per heavy atom. The molecule has 0 saturated heterocycles. The third-order valence-electron chi connectivity index (χ3n) is 6.63. The van der Waals surface area contributed by atoms with E-state index in [1.54, 1.807) is 49.3 Å². The fourth-order valence-electron chi connectivity index (χ4n) is 4.49. The highest BCUT2D eigenvalue weighted by molar-refractivity contribution is 6.36. The molecule has 2 aromatic carbocycles. The molecule has 0 fully saturated rings. The van der Waals surface area contributed by atoms with E-state index in [0.29, 0.717) is 37.3 Å². The number of hydrogen-bond acceptors (Lipinski definition) is 5. The van der Waals surface area contributed by atoms with Gasteiger partial charge in [0.25, 0.3) is 5.56 Å². The predicted molar refractivity (Wildman–Crippen MR) is 160 cm³/mol. The SMILES string of the molecule is CC(=O)N(C(C)=O)c1c(N(C)C(C)C)c(=O)n(C)c2nc(-c3ccc(Cl)cc3Cl)c(-c3ccc(Cl)cc3)cc12. The zero-order valence-electron chi connectivity index (χ0n) is 22.3. The molecule has 4 aromatic rings. The first-order valence-corrected chi connectivity index (χ1v) is 13.3. The van der Waals surface area contributed by atoms with Gasteiger partial charge in [-0.25, -0.2) is 9.88 Å². The topological polar surface area (TPSA) is 75.5 Å². The van der Waals surface area contributed by atoms with Crippen LogP contribution in [0.25, 0.3) is 33.4 Å². The molecule has 4 rings (SSSR count). The molecule has 0 atom stereocenters. The van der Waals surface area contributed by atoms with E-state index < -0.39 is 17.4 Å². The van der Waals surface area contributed by atoms with Crippen LogP contribution in [0.1, 0.15) is 27.7 Å². The molecule has 10 heteroatoms. The Morgan fingerprint density at radius 2 is 1.46 bits per heavy atom. The van der Waals surface area contributed by atoms with Crippen molar-refractivity contribution < 1.29 is 9.59 Å². The number of hydrogen-bond donors (Lipinski definition) is 0. The Hall–Kier alpha value is -3.39. The van der Waals surface area contributed by atoms with E-state index in [0.717, 1.165) is 10.5 Å². The lowest BCUT2D eigenvalue weighted by atomic mass is 9.97. The van der Waals surface area contributed by atoms with E-state index in [1.807, 2.05) is 32.0 Å². The highest BCUT2D eigenvalue weighted by Crippen LogP contribution is 2.42. The van der Waals surface area contributed by atoms with Gasteiger partial charge in [-0.1, -0.05) is 46.9 Å². The minimum absolute atomic E-state index is 0.106. The summed E-state index contributed by atoms with van der Waals surface area (Å²) in [5.41, 5.74) is 2.80. The van der Waals surface area contributed by atoms with Gasteiger partial charge in [-0.2, -0.15) is 0 Å². The van der Waals surface area contributed by atoms with Gasteiger partial charge in [0.15, 0.2) is 0 Å². The van der Waals surface area contributed by atoms with Crippen LogP contribution in [-0.2, 0) is 16.6 Å². The first-order valence-electron chi connectivity index (χ1n) is 12.2. The quantitative estimate of drug-likeness (QED) is 0.253. The summed E-state index contributed by atoms with van der Waals surface area (Å²) in [5, 5.41) is 1.85. The number of anilines is 2. The van der Waals surface area contributed by atoms with Crippen LogP contribution in [0.2, 0.25) is 15.1 Å². The molecule has 0 spiro atoms. The van der Waals surface area contributed by atoms with E-state index in [1.165, 1.54) is 18.4 Å². The van der Waals surface area contributed by atoms with Gasteiger partial charge in [0, 0.05) is 60.5 Å². The molecule has 2 amide bonds. The monoisotopic (exact) mass is 584 g/mol. The fraction of sp³-hybridized carbons (Fsp3) is 0.241. The molecule has 0 aliphatic rings. The summed E-state index contributed by atoms with van der Waals surface area (Å²) in [4.78, 5) is 47.2. The number of benzene rings is 2. The number of carbonyl (C=O) groups is 2. The Bertz CT molecular complexity index is 1670. The van der Waals surface area contributed by atoms with Gasteiger partial charge in [0.2, 0.25) is 11.8 Å². The van der Waals surface area contributed by atoms with E-state index in [2.05, 4.69) is 0 Å². The van der Waals surface area contributed by atoms with Crippen molar-refractivity contribution in [1.29, 1.82) is 0 Å². The van der Waals surface area contributed by atoms with Crippen molar-refractivity contribution >= 4 is 69.0 Å². The number of carbonyl (C=O) groups excluding carboxylic acids is 2. The van der Waals surface area contributed by atoms with E-state index in [9.17, 15) is 14.4 Å². The van der Waals surface area contributed by atoms with Crippen molar-refractivity contribution in [2.75, 3.05) is 16.8 Å². The largest absolute Gasteiger partial charge is 0.366 e. The highest BCUT2D eigenvalue weighted by atomic mass is 35.5. The molecule has 2 aromatic heterocycles.